The zero-order valence-corrected chi connectivity index (χ0v) is 9.21. The summed E-state index contributed by atoms with van der Waals surface area (Å²) >= 11 is 3.18. The molecule has 3 nitrogen and oxygen atoms in total. The highest BCUT2D eigenvalue weighted by Gasteiger charge is 2.12. The second kappa shape index (κ2) is 5.05. The molecule has 14 heavy (non-hydrogen) atoms. The van der Waals surface area contributed by atoms with Crippen LogP contribution in [-0.4, -0.2) is 15.7 Å². The highest BCUT2D eigenvalue weighted by Crippen LogP contribution is 2.09. The molecule has 5 heteroatoms. The molecule has 1 unspecified atom stereocenters. The summed E-state index contributed by atoms with van der Waals surface area (Å²) < 4.78 is 12.6. The van der Waals surface area contributed by atoms with E-state index in [1.165, 1.54) is 18.2 Å². The minimum absolute atomic E-state index is 0.217. The van der Waals surface area contributed by atoms with Crippen LogP contribution in [0.25, 0.3) is 0 Å². The van der Waals surface area contributed by atoms with Gasteiger partial charge >= 0.3 is 0 Å². The largest absolute Gasteiger partial charge is 0.310 e. The van der Waals surface area contributed by atoms with Crippen molar-refractivity contribution in [2.45, 2.75) is 18.2 Å². The Morgan fingerprint density at radius 2 is 2.43 bits per heavy atom. The summed E-state index contributed by atoms with van der Waals surface area (Å²) in [4.78, 5) is 14.6. The van der Waals surface area contributed by atoms with Crippen LogP contribution in [0.5, 0.6) is 0 Å². The van der Waals surface area contributed by atoms with E-state index in [1.54, 1.807) is 0 Å². The van der Waals surface area contributed by atoms with E-state index in [4.69, 9.17) is 0 Å². The first-order chi connectivity index (χ1) is 6.63. The monoisotopic (exact) mass is 260 g/mol. The van der Waals surface area contributed by atoms with Crippen LogP contribution in [0.15, 0.2) is 18.2 Å². The van der Waals surface area contributed by atoms with Crippen LogP contribution in [0.2, 0.25) is 0 Å². The molecule has 1 N–H and O–H groups in total. The third-order valence-corrected chi connectivity index (χ3v) is 2.67. The van der Waals surface area contributed by atoms with Crippen LogP contribution in [0, 0.1) is 5.95 Å². The number of carbonyl (C=O) groups is 1. The molecule has 1 atom stereocenters. The molecular weight excluding hydrogens is 251 g/mol. The standard InChI is InChI=1S/C9H10BrFN2O/c1-2-6(10)9(14)13-8-5-3-4-7(11)12-8/h3-6H,2H2,1H3,(H,12,13,14). The van der Waals surface area contributed by atoms with Gasteiger partial charge < -0.3 is 5.32 Å². The number of nitrogens with zero attached hydrogens (tertiary/aromatic N) is 1. The molecule has 0 fully saturated rings. The Morgan fingerprint density at radius 1 is 1.71 bits per heavy atom. The predicted octanol–water partition coefficient (Wildman–Crippen LogP) is 2.33. The van der Waals surface area contributed by atoms with Crippen molar-refractivity contribution in [3.05, 3.63) is 24.1 Å². The van der Waals surface area contributed by atoms with E-state index >= 15 is 0 Å². The van der Waals surface area contributed by atoms with Gasteiger partial charge in [0, 0.05) is 0 Å². The molecule has 0 bridgehead atoms. The van der Waals surface area contributed by atoms with Crippen LogP contribution in [0.3, 0.4) is 0 Å². The van der Waals surface area contributed by atoms with Crippen molar-refractivity contribution in [1.29, 1.82) is 0 Å². The maximum absolute atomic E-state index is 12.6. The van der Waals surface area contributed by atoms with Crippen molar-refractivity contribution >= 4 is 27.7 Å². The Balaban J connectivity index is 2.65. The molecule has 1 rings (SSSR count). The molecule has 1 amide bonds. The zero-order valence-electron chi connectivity index (χ0n) is 7.63. The summed E-state index contributed by atoms with van der Waals surface area (Å²) in [7, 11) is 0. The van der Waals surface area contributed by atoms with E-state index in [9.17, 15) is 9.18 Å². The van der Waals surface area contributed by atoms with Crippen molar-refractivity contribution in [2.75, 3.05) is 5.32 Å². The number of nitrogens with one attached hydrogen (secondary N) is 1. The SMILES string of the molecule is CCC(Br)C(=O)Nc1cccc(F)n1. The minimum Gasteiger partial charge on any atom is -0.310 e. The quantitative estimate of drug-likeness (QED) is 0.670. The normalized spacial score (nSPS) is 12.2. The van der Waals surface area contributed by atoms with Crippen molar-refractivity contribution in [3.8, 4) is 0 Å². The van der Waals surface area contributed by atoms with Gasteiger partial charge in [-0.2, -0.15) is 4.39 Å². The van der Waals surface area contributed by atoms with Crippen molar-refractivity contribution in [1.82, 2.24) is 4.98 Å². The van der Waals surface area contributed by atoms with Gasteiger partial charge in [-0.25, -0.2) is 4.98 Å². The highest BCUT2D eigenvalue weighted by atomic mass is 79.9. The highest BCUT2D eigenvalue weighted by molar-refractivity contribution is 9.10. The maximum atomic E-state index is 12.6. The number of hydrogen-bond acceptors (Lipinski definition) is 2. The number of aromatic nitrogens is 1. The summed E-state index contributed by atoms with van der Waals surface area (Å²) in [5.74, 6) is -0.594. The van der Waals surface area contributed by atoms with Crippen LogP contribution in [-0.2, 0) is 4.79 Å². The summed E-state index contributed by atoms with van der Waals surface area (Å²) in [6.45, 7) is 1.87. The molecule has 1 aromatic heterocycles. The fourth-order valence-corrected chi connectivity index (χ4v) is 0.982. The molecule has 0 aliphatic carbocycles. The number of anilines is 1. The van der Waals surface area contributed by atoms with Gasteiger partial charge in [0.25, 0.3) is 0 Å². The molecule has 0 aliphatic heterocycles. The molecule has 1 aromatic rings. The van der Waals surface area contributed by atoms with Crippen LogP contribution >= 0.6 is 15.9 Å². The van der Waals surface area contributed by atoms with Gasteiger partial charge in [0.05, 0.1) is 4.83 Å². The van der Waals surface area contributed by atoms with Gasteiger partial charge in [0.15, 0.2) is 0 Å². The van der Waals surface area contributed by atoms with E-state index in [-0.39, 0.29) is 16.6 Å². The van der Waals surface area contributed by atoms with Gasteiger partial charge in [-0.3, -0.25) is 4.79 Å². The Bertz CT molecular complexity index is 332. The topological polar surface area (TPSA) is 42.0 Å². The number of halogens is 2. The second-order valence-electron chi connectivity index (χ2n) is 2.71. The van der Waals surface area contributed by atoms with Gasteiger partial charge in [0.1, 0.15) is 5.82 Å². The summed E-state index contributed by atoms with van der Waals surface area (Å²) in [6.07, 6.45) is 0.668. The van der Waals surface area contributed by atoms with E-state index in [0.717, 1.165) is 0 Å². The minimum atomic E-state index is -0.606. The first-order valence-electron chi connectivity index (χ1n) is 4.21. The lowest BCUT2D eigenvalue weighted by Crippen LogP contribution is -2.22. The van der Waals surface area contributed by atoms with Gasteiger partial charge in [0.2, 0.25) is 11.9 Å². The Morgan fingerprint density at radius 3 is 3.00 bits per heavy atom. The lowest BCUT2D eigenvalue weighted by Gasteiger charge is -2.07. The lowest BCUT2D eigenvalue weighted by molar-refractivity contribution is -0.115. The first-order valence-corrected chi connectivity index (χ1v) is 5.12. The smallest absolute Gasteiger partial charge is 0.239 e. The third kappa shape index (κ3) is 3.06. The fraction of sp³-hybridized carbons (Fsp3) is 0.333. The molecule has 0 saturated carbocycles. The van der Waals surface area contributed by atoms with Crippen molar-refractivity contribution in [3.63, 3.8) is 0 Å². The Kier molecular flexibility index (Phi) is 4.00. The number of hydrogen-bond donors (Lipinski definition) is 1. The molecule has 1 heterocycles. The molecular formula is C9H10BrFN2O. The van der Waals surface area contributed by atoms with E-state index in [0.29, 0.717) is 6.42 Å². The summed E-state index contributed by atoms with van der Waals surface area (Å²) in [6, 6.07) is 4.25. The van der Waals surface area contributed by atoms with Crippen LogP contribution in [0.1, 0.15) is 13.3 Å². The molecule has 0 radical (unpaired) electrons. The van der Waals surface area contributed by atoms with Gasteiger partial charge in [-0.15, -0.1) is 0 Å². The Labute approximate surface area is 89.9 Å². The average molecular weight is 261 g/mol. The Hall–Kier alpha value is -0.970. The molecule has 0 spiro atoms. The number of rotatable bonds is 3. The van der Waals surface area contributed by atoms with Gasteiger partial charge in [-0.1, -0.05) is 28.9 Å². The van der Waals surface area contributed by atoms with Crippen molar-refractivity contribution < 1.29 is 9.18 Å². The first kappa shape index (κ1) is 11.1. The number of alkyl halides is 1. The van der Waals surface area contributed by atoms with Crippen LogP contribution < -0.4 is 5.32 Å². The number of pyridine rings is 1. The number of carbonyl (C=O) groups excluding carboxylic acids is 1. The fourth-order valence-electron chi connectivity index (χ4n) is 0.868. The van der Waals surface area contributed by atoms with E-state index in [1.807, 2.05) is 6.92 Å². The molecule has 76 valence electrons. The maximum Gasteiger partial charge on any atom is 0.239 e. The van der Waals surface area contributed by atoms with Crippen molar-refractivity contribution in [2.24, 2.45) is 0 Å². The van der Waals surface area contributed by atoms with E-state index < -0.39 is 5.95 Å². The summed E-state index contributed by atoms with van der Waals surface area (Å²) in [5.41, 5.74) is 0. The third-order valence-electron chi connectivity index (χ3n) is 1.61. The average Bonchev–Trinajstić information content (AvgIpc) is 2.16. The number of amides is 1. The predicted molar refractivity (Wildman–Crippen MR) is 55.8 cm³/mol. The summed E-state index contributed by atoms with van der Waals surface area (Å²) in [5, 5.41) is 2.50. The lowest BCUT2D eigenvalue weighted by atomic mass is 10.3. The van der Waals surface area contributed by atoms with E-state index in [2.05, 4.69) is 26.2 Å². The van der Waals surface area contributed by atoms with Crippen LogP contribution in [0.4, 0.5) is 10.2 Å². The molecule has 0 saturated heterocycles. The second-order valence-corrected chi connectivity index (χ2v) is 3.82. The zero-order chi connectivity index (χ0) is 10.6. The van der Waals surface area contributed by atoms with Gasteiger partial charge in [-0.05, 0) is 18.6 Å². The molecule has 0 aliphatic rings. The molecule has 0 aromatic carbocycles.